The molecule has 1 aromatic heterocycles. The van der Waals surface area contributed by atoms with Gasteiger partial charge in [-0.15, -0.1) is 11.3 Å². The molecule has 1 N–H and O–H groups in total. The van der Waals surface area contributed by atoms with Crippen molar-refractivity contribution in [3.8, 4) is 0 Å². The average molecular weight is 296 g/mol. The Morgan fingerprint density at radius 3 is 2.55 bits per heavy atom. The van der Waals surface area contributed by atoms with Gasteiger partial charge in [0, 0.05) is 10.4 Å². The van der Waals surface area contributed by atoms with Crippen LogP contribution in [0.1, 0.15) is 46.1 Å². The molecule has 2 rings (SSSR count). The lowest BCUT2D eigenvalue weighted by Gasteiger charge is -2.15. The molecule has 1 aromatic carbocycles. The third-order valence-electron chi connectivity index (χ3n) is 3.28. The summed E-state index contributed by atoms with van der Waals surface area (Å²) in [6.07, 6.45) is -1.56. The maximum Gasteiger partial charge on any atom is 0.263 e. The van der Waals surface area contributed by atoms with E-state index in [0.717, 1.165) is 22.7 Å². The Morgan fingerprint density at radius 2 is 2.00 bits per heavy atom. The summed E-state index contributed by atoms with van der Waals surface area (Å²) >= 11 is 1.62. The molecule has 0 aliphatic carbocycles. The van der Waals surface area contributed by atoms with Gasteiger partial charge in [0.05, 0.1) is 11.7 Å². The Morgan fingerprint density at radius 1 is 1.30 bits per heavy atom. The highest BCUT2D eigenvalue weighted by atomic mass is 32.1. The molecule has 0 saturated carbocycles. The van der Waals surface area contributed by atoms with Gasteiger partial charge in [-0.1, -0.05) is 25.1 Å². The average Bonchev–Trinajstić information content (AvgIpc) is 2.81. The normalized spacial score (nSPS) is 12.9. The van der Waals surface area contributed by atoms with Crippen LogP contribution in [0.3, 0.4) is 0 Å². The Balaban J connectivity index is 2.38. The van der Waals surface area contributed by atoms with Crippen molar-refractivity contribution < 1.29 is 8.78 Å². The van der Waals surface area contributed by atoms with Gasteiger partial charge >= 0.3 is 0 Å². The van der Waals surface area contributed by atoms with E-state index in [0.29, 0.717) is 0 Å². The number of aryl methyl sites for hydroxylation is 2. The Kier molecular flexibility index (Phi) is 4.83. The van der Waals surface area contributed by atoms with Crippen molar-refractivity contribution in [1.82, 2.24) is 10.3 Å². The van der Waals surface area contributed by atoms with Crippen LogP contribution < -0.4 is 5.32 Å². The van der Waals surface area contributed by atoms with Gasteiger partial charge in [-0.2, -0.15) is 0 Å². The summed E-state index contributed by atoms with van der Waals surface area (Å²) in [6, 6.07) is 6.38. The molecule has 5 heteroatoms. The summed E-state index contributed by atoms with van der Waals surface area (Å²) in [5.41, 5.74) is 1.95. The van der Waals surface area contributed by atoms with Crippen LogP contribution in [0.4, 0.5) is 8.78 Å². The van der Waals surface area contributed by atoms with E-state index < -0.39 is 6.43 Å². The lowest BCUT2D eigenvalue weighted by molar-refractivity contribution is 0.151. The molecular formula is C15H18F2N2S. The van der Waals surface area contributed by atoms with E-state index >= 15 is 0 Å². The molecule has 0 radical (unpaired) electrons. The lowest BCUT2D eigenvalue weighted by Crippen LogP contribution is -2.17. The van der Waals surface area contributed by atoms with E-state index in [9.17, 15) is 8.78 Å². The molecule has 0 saturated heterocycles. The van der Waals surface area contributed by atoms with E-state index in [-0.39, 0.29) is 11.6 Å². The Labute approximate surface area is 121 Å². The fourth-order valence-corrected chi connectivity index (χ4v) is 3.36. The summed E-state index contributed by atoms with van der Waals surface area (Å²) in [5, 5.41) is 4.09. The van der Waals surface area contributed by atoms with Crippen LogP contribution in [0.15, 0.2) is 24.3 Å². The Bertz CT molecular complexity index is 581. The second-order valence-electron chi connectivity index (χ2n) is 4.60. The fourth-order valence-electron chi connectivity index (χ4n) is 2.21. The summed E-state index contributed by atoms with van der Waals surface area (Å²) in [5.74, 6) is 0. The van der Waals surface area contributed by atoms with Crippen molar-refractivity contribution >= 4 is 11.3 Å². The lowest BCUT2D eigenvalue weighted by atomic mass is 10.0. The van der Waals surface area contributed by atoms with Crippen LogP contribution in [0, 0.1) is 6.92 Å². The zero-order chi connectivity index (χ0) is 14.7. The summed E-state index contributed by atoms with van der Waals surface area (Å²) in [7, 11) is 1.82. The number of nitrogens with zero attached hydrogens (tertiary/aromatic N) is 1. The third kappa shape index (κ3) is 3.04. The number of halogens is 2. The predicted molar refractivity (Wildman–Crippen MR) is 78.5 cm³/mol. The zero-order valence-electron chi connectivity index (χ0n) is 11.8. The number of rotatable bonds is 5. The molecule has 0 aliphatic heterocycles. The highest BCUT2D eigenvalue weighted by molar-refractivity contribution is 7.11. The summed E-state index contributed by atoms with van der Waals surface area (Å²) in [4.78, 5) is 5.81. The number of alkyl halides is 2. The largest absolute Gasteiger partial charge is 0.307 e. The van der Waals surface area contributed by atoms with Crippen molar-refractivity contribution in [3.05, 3.63) is 51.0 Å². The van der Waals surface area contributed by atoms with Gasteiger partial charge in [-0.05, 0) is 32.0 Å². The molecular weight excluding hydrogens is 278 g/mol. The third-order valence-corrected chi connectivity index (χ3v) is 4.35. The molecule has 20 heavy (non-hydrogen) atoms. The smallest absolute Gasteiger partial charge is 0.263 e. The second kappa shape index (κ2) is 6.41. The molecule has 1 heterocycles. The molecule has 0 fully saturated rings. The van der Waals surface area contributed by atoms with Gasteiger partial charge in [0.25, 0.3) is 6.43 Å². The van der Waals surface area contributed by atoms with Crippen molar-refractivity contribution in [1.29, 1.82) is 0 Å². The molecule has 2 nitrogen and oxygen atoms in total. The van der Waals surface area contributed by atoms with Gasteiger partial charge in [0.1, 0.15) is 5.01 Å². The van der Waals surface area contributed by atoms with Crippen molar-refractivity contribution in [2.45, 2.75) is 32.7 Å². The highest BCUT2D eigenvalue weighted by Crippen LogP contribution is 2.30. The molecule has 1 unspecified atom stereocenters. The number of nitrogens with one attached hydrogen (secondary N) is 1. The van der Waals surface area contributed by atoms with Gasteiger partial charge in [0.15, 0.2) is 0 Å². The molecule has 108 valence electrons. The molecule has 0 spiro atoms. The van der Waals surface area contributed by atoms with E-state index in [1.165, 1.54) is 10.9 Å². The van der Waals surface area contributed by atoms with Gasteiger partial charge in [-0.3, -0.25) is 0 Å². The Hall–Kier alpha value is -1.33. The van der Waals surface area contributed by atoms with Gasteiger partial charge < -0.3 is 5.32 Å². The molecule has 0 amide bonds. The maximum atomic E-state index is 12.8. The first-order valence-corrected chi connectivity index (χ1v) is 7.40. The first kappa shape index (κ1) is 15.1. The molecule has 0 aliphatic rings. The molecule has 2 aromatic rings. The number of hydrogen-bond acceptors (Lipinski definition) is 3. The van der Waals surface area contributed by atoms with Crippen molar-refractivity contribution in [3.63, 3.8) is 0 Å². The van der Waals surface area contributed by atoms with Crippen LogP contribution in [-0.4, -0.2) is 12.0 Å². The molecule has 0 bridgehead atoms. The van der Waals surface area contributed by atoms with Gasteiger partial charge in [-0.25, -0.2) is 13.8 Å². The minimum Gasteiger partial charge on any atom is -0.307 e. The quantitative estimate of drug-likeness (QED) is 0.891. The first-order valence-electron chi connectivity index (χ1n) is 6.58. The highest BCUT2D eigenvalue weighted by Gasteiger charge is 2.19. The van der Waals surface area contributed by atoms with Crippen LogP contribution in [0.2, 0.25) is 0 Å². The minimum absolute atomic E-state index is 0.0479. The number of benzene rings is 1. The number of hydrogen-bond donors (Lipinski definition) is 1. The number of thiazole rings is 1. The maximum absolute atomic E-state index is 12.8. The SMILES string of the molecule is CCc1nc(C(NC)c2cccc(C(F)F)c2)sc1C. The van der Waals surface area contributed by atoms with Crippen LogP contribution >= 0.6 is 11.3 Å². The van der Waals surface area contributed by atoms with E-state index in [4.69, 9.17) is 0 Å². The van der Waals surface area contributed by atoms with E-state index in [1.807, 2.05) is 20.0 Å². The van der Waals surface area contributed by atoms with E-state index in [2.05, 4.69) is 17.2 Å². The fraction of sp³-hybridized carbons (Fsp3) is 0.400. The van der Waals surface area contributed by atoms with E-state index in [1.54, 1.807) is 23.5 Å². The minimum atomic E-state index is -2.45. The first-order chi connectivity index (χ1) is 9.56. The zero-order valence-corrected chi connectivity index (χ0v) is 12.6. The monoisotopic (exact) mass is 296 g/mol. The summed E-state index contributed by atoms with van der Waals surface area (Å²) < 4.78 is 25.6. The van der Waals surface area contributed by atoms with Crippen molar-refractivity contribution in [2.24, 2.45) is 0 Å². The summed E-state index contributed by atoms with van der Waals surface area (Å²) in [6.45, 7) is 4.11. The van der Waals surface area contributed by atoms with Crippen LogP contribution in [0.5, 0.6) is 0 Å². The van der Waals surface area contributed by atoms with Gasteiger partial charge in [0.2, 0.25) is 0 Å². The van der Waals surface area contributed by atoms with Crippen molar-refractivity contribution in [2.75, 3.05) is 7.05 Å². The topological polar surface area (TPSA) is 24.9 Å². The standard InChI is InChI=1S/C15H18F2N2S/c1-4-12-9(2)20-15(19-12)13(18-3)10-6-5-7-11(8-10)14(16)17/h5-8,13-14,18H,4H2,1-3H3. The second-order valence-corrected chi connectivity index (χ2v) is 5.84. The predicted octanol–water partition coefficient (Wildman–Crippen LogP) is 4.26. The molecule has 1 atom stereocenters. The number of aromatic nitrogens is 1. The van der Waals surface area contributed by atoms with Crippen LogP contribution in [-0.2, 0) is 6.42 Å². The van der Waals surface area contributed by atoms with Crippen LogP contribution in [0.25, 0.3) is 0 Å².